The van der Waals surface area contributed by atoms with Crippen LogP contribution in [0.3, 0.4) is 0 Å². The van der Waals surface area contributed by atoms with Crippen LogP contribution in [0.1, 0.15) is 25.8 Å². The number of aryl methyl sites for hydroxylation is 1. The number of aromatic hydroxyl groups is 1. The molecule has 2 aromatic heterocycles. The molecule has 40 heavy (non-hydrogen) atoms. The molecule has 3 aromatic rings. The predicted octanol–water partition coefficient (Wildman–Crippen LogP) is 3.92. The zero-order chi connectivity index (χ0) is 29.4. The third kappa shape index (κ3) is 5.66. The van der Waals surface area contributed by atoms with Gasteiger partial charge in [0.25, 0.3) is 5.56 Å². The van der Waals surface area contributed by atoms with Crippen LogP contribution in [0.15, 0.2) is 50.6 Å². The number of amidine groups is 1. The number of fused-ring (bicyclic) bond motifs is 2. The van der Waals surface area contributed by atoms with E-state index in [1.165, 1.54) is 22.9 Å². The first-order valence-electron chi connectivity index (χ1n) is 11.9. The Labute approximate surface area is 235 Å². The van der Waals surface area contributed by atoms with Gasteiger partial charge >= 0.3 is 16.3 Å². The molecule has 14 nitrogen and oxygen atoms in total. The second-order valence-corrected chi connectivity index (χ2v) is 12.8. The largest absolute Gasteiger partial charge is 0.506 e. The Balaban J connectivity index is 1.77. The van der Waals surface area contributed by atoms with Crippen molar-refractivity contribution in [3.63, 3.8) is 0 Å². The summed E-state index contributed by atoms with van der Waals surface area (Å²) in [5, 5.41) is 23.3. The van der Waals surface area contributed by atoms with Gasteiger partial charge in [-0.15, -0.1) is 16.0 Å². The van der Waals surface area contributed by atoms with Gasteiger partial charge in [-0.2, -0.15) is 12.7 Å². The summed E-state index contributed by atoms with van der Waals surface area (Å²) in [6.07, 6.45) is 0.375. The molecule has 0 fully saturated rings. The van der Waals surface area contributed by atoms with Crippen LogP contribution < -0.4 is 15.6 Å². The number of carboxylic acid groups (broad SMARTS) is 1. The molecule has 6 N–H and O–H groups in total. The van der Waals surface area contributed by atoms with E-state index < -0.39 is 44.9 Å². The number of anilines is 2. The fourth-order valence-electron chi connectivity index (χ4n) is 4.02. The first-order valence-corrected chi connectivity index (χ1v) is 15.3. The van der Waals surface area contributed by atoms with E-state index in [0.717, 1.165) is 6.07 Å². The van der Waals surface area contributed by atoms with Crippen LogP contribution >= 0.6 is 22.4 Å². The minimum Gasteiger partial charge on any atom is -0.506 e. The highest BCUT2D eigenvalue weighted by Gasteiger charge is 2.32. The molecular weight excluding hydrogens is 588 g/mol. The van der Waals surface area contributed by atoms with Crippen LogP contribution in [0, 0.1) is 5.92 Å². The Morgan fingerprint density at radius 1 is 1.27 bits per heavy atom. The number of benzene rings is 1. The summed E-state index contributed by atoms with van der Waals surface area (Å²) in [4.78, 5) is 29.0. The molecule has 3 heterocycles. The molecule has 1 aliphatic heterocycles. The van der Waals surface area contributed by atoms with Gasteiger partial charge < -0.3 is 15.5 Å². The molecule has 4 rings (SSSR count). The van der Waals surface area contributed by atoms with Gasteiger partial charge in [0.2, 0.25) is 0 Å². The van der Waals surface area contributed by atoms with Crippen molar-refractivity contribution in [2.24, 2.45) is 10.3 Å². The summed E-state index contributed by atoms with van der Waals surface area (Å²) < 4.78 is 54.4. The van der Waals surface area contributed by atoms with Gasteiger partial charge in [0.1, 0.15) is 21.9 Å². The summed E-state index contributed by atoms with van der Waals surface area (Å²) >= 11 is 5.51. The minimum atomic E-state index is -4.60. The van der Waals surface area contributed by atoms with Crippen molar-refractivity contribution >= 4 is 66.9 Å². The number of hydrogen-bond acceptors (Lipinski definition) is 10. The number of nitrogens with zero attached hydrogens (tertiary/aromatic N) is 4. The van der Waals surface area contributed by atoms with E-state index in [1.54, 1.807) is 12.1 Å². The van der Waals surface area contributed by atoms with E-state index in [4.69, 9.17) is 11.6 Å². The van der Waals surface area contributed by atoms with E-state index in [2.05, 4.69) is 19.4 Å². The molecule has 0 atom stereocenters. The summed E-state index contributed by atoms with van der Waals surface area (Å²) in [5.74, 6) is -0.769. The maximum Gasteiger partial charge on any atom is 0.422 e. The van der Waals surface area contributed by atoms with E-state index in [9.17, 15) is 37.3 Å². The molecule has 17 heteroatoms. The topological polar surface area (TPSA) is 207 Å². The highest BCUT2D eigenvalue weighted by Crippen LogP contribution is 2.56. The molecule has 1 amide bonds. The fraction of sp³-hybridized carbons (Fsp3) is 0.304. The van der Waals surface area contributed by atoms with E-state index in [-0.39, 0.29) is 61.4 Å². The molecule has 1 aliphatic rings. The van der Waals surface area contributed by atoms with Crippen molar-refractivity contribution in [1.82, 2.24) is 13.9 Å². The first-order chi connectivity index (χ1) is 18.8. The number of aromatic nitrogens is 2. The van der Waals surface area contributed by atoms with Crippen LogP contribution in [0.2, 0.25) is 0 Å². The Bertz CT molecular complexity index is 1680. The lowest BCUT2D eigenvalue weighted by Gasteiger charge is -2.34. The third-order valence-corrected chi connectivity index (χ3v) is 8.89. The van der Waals surface area contributed by atoms with Gasteiger partial charge in [-0.1, -0.05) is 24.6 Å². The first kappa shape index (κ1) is 29.4. The van der Waals surface area contributed by atoms with Crippen molar-refractivity contribution in [3.05, 3.63) is 52.4 Å². The van der Waals surface area contributed by atoms with Crippen molar-refractivity contribution in [1.29, 1.82) is 0 Å². The number of nitrogens with one attached hydrogen (secondary N) is 2. The number of hydrogen-bond donors (Lipinski definition) is 6. The summed E-state index contributed by atoms with van der Waals surface area (Å²) in [6, 6.07) is 6.77. The lowest BCUT2D eigenvalue weighted by atomic mass is 10.1. The van der Waals surface area contributed by atoms with Gasteiger partial charge in [0.05, 0.1) is 23.3 Å². The van der Waals surface area contributed by atoms with Gasteiger partial charge in [-0.25, -0.2) is 9.78 Å². The molecule has 0 saturated heterocycles. The van der Waals surface area contributed by atoms with Gasteiger partial charge in [0.15, 0.2) is 5.84 Å². The van der Waals surface area contributed by atoms with E-state index in [0.29, 0.717) is 6.42 Å². The Kier molecular flexibility index (Phi) is 8.18. The second kappa shape index (κ2) is 11.1. The van der Waals surface area contributed by atoms with E-state index >= 15 is 0 Å². The van der Waals surface area contributed by atoms with Crippen LogP contribution in [-0.4, -0.2) is 65.9 Å². The summed E-state index contributed by atoms with van der Waals surface area (Å²) in [6.45, 7) is 3.76. The highest BCUT2D eigenvalue weighted by atomic mass is 35.5. The second-order valence-electron chi connectivity index (χ2n) is 9.18. The highest BCUT2D eigenvalue weighted by molar-refractivity contribution is 8.23. The molecule has 0 saturated carbocycles. The molecule has 0 unspecified atom stereocenters. The van der Waals surface area contributed by atoms with Gasteiger partial charge in [0, 0.05) is 18.6 Å². The van der Waals surface area contributed by atoms with Gasteiger partial charge in [-0.05, 0) is 42.7 Å². The summed E-state index contributed by atoms with van der Waals surface area (Å²) in [7, 11) is -8.62. The predicted molar refractivity (Wildman–Crippen MR) is 153 cm³/mol. The monoisotopic (exact) mass is 614 g/mol. The van der Waals surface area contributed by atoms with Crippen LogP contribution in [-0.2, 0) is 16.8 Å². The van der Waals surface area contributed by atoms with Crippen molar-refractivity contribution in [3.8, 4) is 5.75 Å². The molecule has 1 aromatic carbocycles. The van der Waals surface area contributed by atoms with Crippen LogP contribution in [0.4, 0.5) is 16.2 Å². The summed E-state index contributed by atoms with van der Waals surface area (Å²) in [5.41, 5.74) is -0.790. The van der Waals surface area contributed by atoms with Crippen LogP contribution in [0.25, 0.3) is 11.0 Å². The number of pyridine rings is 2. The van der Waals surface area contributed by atoms with Gasteiger partial charge in [-0.3, -0.25) is 23.2 Å². The lowest BCUT2D eigenvalue weighted by Crippen LogP contribution is -2.41. The third-order valence-electron chi connectivity index (χ3n) is 5.95. The number of amides is 1. The smallest absolute Gasteiger partial charge is 0.422 e. The Hall–Kier alpha value is -3.57. The molecular formula is C23H27ClN6O8S2. The molecule has 0 radical (unpaired) electrons. The van der Waals surface area contributed by atoms with Crippen molar-refractivity contribution < 1.29 is 32.5 Å². The molecule has 216 valence electrons. The minimum absolute atomic E-state index is 0.0719. The number of halogens is 1. The fourth-order valence-corrected chi connectivity index (χ4v) is 6.55. The normalized spacial score (nSPS) is 15.2. The number of alkyl halides is 1. The molecule has 0 spiro atoms. The van der Waals surface area contributed by atoms with E-state index in [1.807, 2.05) is 13.8 Å². The lowest BCUT2D eigenvalue weighted by molar-refractivity contribution is 0.174. The quantitative estimate of drug-likeness (QED) is 0.191. The average Bonchev–Trinajstić information content (AvgIpc) is 2.86. The number of carbonyl (C=O) groups is 1. The Morgan fingerprint density at radius 3 is 2.65 bits per heavy atom. The van der Waals surface area contributed by atoms with Crippen LogP contribution in [0.5, 0.6) is 5.75 Å². The zero-order valence-corrected chi connectivity index (χ0v) is 23.7. The standard InChI is InChI=1S/C23H27ClN6O8S2/c1-13(2)7-10-29-21-15(4-3-9-25-21)19(31)18(22(29)32)20-26-16-6-5-14(12-17(16)39(35,36)28-20)27-40(37,38)30(11-8-24)23(33)34/h3-6,9,12-13,27,31,35-36H,7-8,10-11H2,1-2H3,(H,26,28)(H,33,34). The molecule has 0 bridgehead atoms. The van der Waals surface area contributed by atoms with Crippen molar-refractivity contribution in [2.75, 3.05) is 22.5 Å². The number of rotatable bonds is 9. The Morgan fingerprint density at radius 2 is 2.00 bits per heavy atom. The zero-order valence-electron chi connectivity index (χ0n) is 21.3. The van der Waals surface area contributed by atoms with Crippen molar-refractivity contribution in [2.45, 2.75) is 31.7 Å². The maximum atomic E-state index is 13.6. The molecule has 0 aliphatic carbocycles. The average molecular weight is 615 g/mol. The maximum absolute atomic E-state index is 13.6. The SMILES string of the molecule is CC(C)CCn1c(=O)c(C2=NS(O)(O)c3cc(NS(=O)(=O)N(CCCl)C(=O)O)ccc3N2)c(O)c2cccnc21.